The second-order valence-corrected chi connectivity index (χ2v) is 5.75. The van der Waals surface area contributed by atoms with Crippen LogP contribution in [-0.4, -0.2) is 21.9 Å². The van der Waals surface area contributed by atoms with Gasteiger partial charge in [0.05, 0.1) is 6.61 Å². The maximum Gasteiger partial charge on any atom is 1.00 e. The van der Waals surface area contributed by atoms with Crippen LogP contribution in [0.1, 0.15) is 0 Å². The molecular weight excluding hydrogens is 370 g/mol. The Labute approximate surface area is 262 Å². The molecule has 0 saturated heterocycles. The van der Waals surface area contributed by atoms with E-state index in [0.29, 0.717) is 0 Å². The Morgan fingerprint density at radius 1 is 0.875 bits per heavy atom. The van der Waals surface area contributed by atoms with E-state index in [9.17, 15) is 28.7 Å². The Balaban J connectivity index is -0.000000101. The molecule has 0 aliphatic heterocycles. The quantitative estimate of drug-likeness (QED) is 0.363. The second-order valence-electron chi connectivity index (χ2n) is 1.93. The van der Waals surface area contributed by atoms with Crippen LogP contribution in [0, 0.1) is 0 Å². The maximum atomic E-state index is 10.0. The van der Waals surface area contributed by atoms with E-state index < -0.39 is 26.9 Å². The van der Waals surface area contributed by atoms with E-state index >= 15 is 0 Å². The van der Waals surface area contributed by atoms with Crippen molar-refractivity contribution < 1.29 is 244 Å². The van der Waals surface area contributed by atoms with Crippen LogP contribution >= 0.6 is 15.2 Å². The number of aliphatic hydroxyl groups excluding tert-OH is 1. The van der Waals surface area contributed by atoms with Gasteiger partial charge in [-0.2, -0.15) is 0 Å². The Kier molecular flexibility index (Phi) is 30.2. The molecule has 14 heteroatoms. The fourth-order valence-electron chi connectivity index (χ4n) is 0.323. The largest absolute Gasteiger partial charge is 1.00 e. The van der Waals surface area contributed by atoms with Crippen molar-refractivity contribution in [1.29, 1.82) is 0 Å². The number of hydrogen-bond acceptors (Lipinski definition) is 8. The molecular formula is C2H4K4O8P2. The third-order valence-corrected chi connectivity index (χ3v) is 4.60. The minimum atomic E-state index is -6.09. The van der Waals surface area contributed by atoms with Crippen LogP contribution < -0.4 is 225 Å². The summed E-state index contributed by atoms with van der Waals surface area (Å²) in [6, 6.07) is 0. The van der Waals surface area contributed by atoms with Crippen LogP contribution in [0.15, 0.2) is 0 Å². The molecule has 0 saturated carbocycles. The molecule has 2 N–H and O–H groups in total. The van der Waals surface area contributed by atoms with Crippen molar-refractivity contribution in [1.82, 2.24) is 0 Å². The predicted octanol–water partition coefficient (Wildman–Crippen LogP) is -16.5. The summed E-state index contributed by atoms with van der Waals surface area (Å²) in [6.45, 7) is -1.97. The van der Waals surface area contributed by atoms with Gasteiger partial charge in [0.1, 0.15) is 5.08 Å². The minimum Gasteiger partial charge on any atom is -0.808 e. The zero-order chi connectivity index (χ0) is 10.2. The molecule has 74 valence electrons. The Bertz CT molecular complexity index is 237. The molecule has 0 aliphatic rings. The number of hydrogen-bond donors (Lipinski definition) is 2. The van der Waals surface area contributed by atoms with E-state index in [1.807, 2.05) is 0 Å². The van der Waals surface area contributed by atoms with Crippen molar-refractivity contribution >= 4 is 15.2 Å². The summed E-state index contributed by atoms with van der Waals surface area (Å²) in [4.78, 5) is 40.1. The first-order valence-electron chi connectivity index (χ1n) is 2.44. The minimum absolute atomic E-state index is 0. The molecule has 0 aromatic heterocycles. The van der Waals surface area contributed by atoms with Crippen LogP contribution in [0.5, 0.6) is 0 Å². The monoisotopic (exact) mass is 374 g/mol. The van der Waals surface area contributed by atoms with Gasteiger partial charge in [0.2, 0.25) is 0 Å². The van der Waals surface area contributed by atoms with E-state index in [0.717, 1.165) is 0 Å². The third kappa shape index (κ3) is 10.5. The van der Waals surface area contributed by atoms with Gasteiger partial charge in [-0.25, -0.2) is 0 Å². The predicted molar refractivity (Wildman–Crippen MR) is 27.2 cm³/mol. The van der Waals surface area contributed by atoms with Gasteiger partial charge in [0.15, 0.2) is 0 Å². The Hall–Kier alpha value is 6.77. The first-order valence-corrected chi connectivity index (χ1v) is 5.52. The Morgan fingerprint density at radius 3 is 1.06 bits per heavy atom. The first kappa shape index (κ1) is 34.2. The zero-order valence-corrected chi connectivity index (χ0v) is 23.7. The summed E-state index contributed by atoms with van der Waals surface area (Å²) in [5, 5.41) is 12.4. The van der Waals surface area contributed by atoms with Gasteiger partial charge in [-0.1, -0.05) is 0 Å². The second kappa shape index (κ2) is 14.1. The standard InChI is InChI=1S/C2H8O8P2.4K/c3-1-2(4,11(5,6)7)12(8,9)10;;;;/h3-4H,1H2,(H2,5,6,7)(H2,8,9,10);;;;/q;4*+1/p-4. The van der Waals surface area contributed by atoms with E-state index in [1.54, 1.807) is 0 Å². The van der Waals surface area contributed by atoms with E-state index in [-0.39, 0.29) is 206 Å². The van der Waals surface area contributed by atoms with Gasteiger partial charge in [-0.3, -0.25) is 0 Å². The molecule has 0 heterocycles. The molecule has 0 unspecified atom stereocenters. The molecule has 8 nitrogen and oxygen atoms in total. The van der Waals surface area contributed by atoms with E-state index in [2.05, 4.69) is 0 Å². The number of aliphatic hydroxyl groups is 2. The average molecular weight is 374 g/mol. The average Bonchev–Trinajstić information content (AvgIpc) is 1.81. The van der Waals surface area contributed by atoms with Crippen LogP contribution in [0.3, 0.4) is 0 Å². The molecule has 0 bridgehead atoms. The van der Waals surface area contributed by atoms with Gasteiger partial charge in [-0.15, -0.1) is 0 Å². The summed E-state index contributed by atoms with van der Waals surface area (Å²) in [7, 11) is -12.2. The van der Waals surface area contributed by atoms with Crippen molar-refractivity contribution in [3.63, 3.8) is 0 Å². The first-order chi connectivity index (χ1) is 5.06. The molecule has 0 aromatic carbocycles. The molecule has 0 aliphatic carbocycles. The van der Waals surface area contributed by atoms with Crippen LogP contribution in [0.25, 0.3) is 0 Å². The van der Waals surface area contributed by atoms with Crippen molar-refractivity contribution in [2.75, 3.05) is 6.61 Å². The van der Waals surface area contributed by atoms with Gasteiger partial charge in [0.25, 0.3) is 0 Å². The summed E-state index contributed by atoms with van der Waals surface area (Å²) < 4.78 is 20.0. The zero-order valence-electron chi connectivity index (χ0n) is 9.45. The normalized spacial score (nSPS) is 11.1. The van der Waals surface area contributed by atoms with Gasteiger partial charge in [0, 0.05) is 0 Å². The summed E-state index contributed by atoms with van der Waals surface area (Å²) in [6.07, 6.45) is 0. The molecule has 0 aromatic rings. The summed E-state index contributed by atoms with van der Waals surface area (Å²) in [5.74, 6) is 0. The van der Waals surface area contributed by atoms with Crippen molar-refractivity contribution in [2.45, 2.75) is 5.08 Å². The number of rotatable bonds is 3. The molecule has 16 heavy (non-hydrogen) atoms. The van der Waals surface area contributed by atoms with Crippen LogP contribution in [0.2, 0.25) is 0 Å². The summed E-state index contributed by atoms with van der Waals surface area (Å²) in [5.41, 5.74) is 0. The third-order valence-electron chi connectivity index (χ3n) is 1.09. The van der Waals surface area contributed by atoms with Crippen molar-refractivity contribution in [3.05, 3.63) is 0 Å². The molecule has 0 amide bonds. The van der Waals surface area contributed by atoms with E-state index in [1.165, 1.54) is 0 Å². The summed E-state index contributed by atoms with van der Waals surface area (Å²) >= 11 is 0. The van der Waals surface area contributed by atoms with Gasteiger partial charge < -0.3 is 38.9 Å². The molecule has 0 rings (SSSR count). The molecule has 0 atom stereocenters. The van der Waals surface area contributed by atoms with Gasteiger partial charge >= 0.3 is 206 Å². The SMILES string of the molecule is O=P([O-])([O-])C(O)(CO)P(=O)([O-])[O-].[K+].[K+].[K+].[K+]. The van der Waals surface area contributed by atoms with Gasteiger partial charge in [-0.05, 0) is 15.2 Å². The Morgan fingerprint density at radius 2 is 1.06 bits per heavy atom. The van der Waals surface area contributed by atoms with Crippen molar-refractivity contribution in [2.24, 2.45) is 0 Å². The van der Waals surface area contributed by atoms with Crippen LogP contribution in [-0.2, 0) is 9.13 Å². The van der Waals surface area contributed by atoms with Crippen LogP contribution in [0.4, 0.5) is 0 Å². The maximum absolute atomic E-state index is 10.0. The fraction of sp³-hybridized carbons (Fsp3) is 1.00. The fourth-order valence-corrected chi connectivity index (χ4v) is 1.87. The smallest absolute Gasteiger partial charge is 0.808 e. The molecule has 0 spiro atoms. The molecule has 0 fully saturated rings. The van der Waals surface area contributed by atoms with Crippen molar-refractivity contribution in [3.8, 4) is 0 Å². The van der Waals surface area contributed by atoms with E-state index in [4.69, 9.17) is 10.2 Å². The topological polar surface area (TPSA) is 167 Å². The molecule has 0 radical (unpaired) electrons.